The number of non-ortho nitro benzene ring substituents is 1. The van der Waals surface area contributed by atoms with Crippen molar-refractivity contribution in [3.8, 4) is 5.75 Å². The van der Waals surface area contributed by atoms with Gasteiger partial charge >= 0.3 is 12.1 Å². The molecular formula is C37H46ClN3O10. The Morgan fingerprint density at radius 1 is 1.12 bits per heavy atom. The molecule has 1 aliphatic rings. The van der Waals surface area contributed by atoms with Crippen LogP contribution in [0.1, 0.15) is 60.8 Å². The van der Waals surface area contributed by atoms with E-state index >= 15 is 0 Å². The second-order valence-electron chi connectivity index (χ2n) is 12.8. The summed E-state index contributed by atoms with van der Waals surface area (Å²) in [6.07, 6.45) is 13.7. The monoisotopic (exact) mass is 727 g/mol. The molecule has 2 N–H and O–H groups in total. The number of carbonyl (C=O) groups is 4. The molecule has 2 rings (SSSR count). The number of carbonyl (C=O) groups excluding carboxylic acids is 4. The Bertz CT molecular complexity index is 1580. The first-order valence-corrected chi connectivity index (χ1v) is 16.6. The summed E-state index contributed by atoms with van der Waals surface area (Å²) in [5, 5.41) is 16.7. The third-order valence-electron chi connectivity index (χ3n) is 7.38. The lowest BCUT2D eigenvalue weighted by Crippen LogP contribution is -2.52. The number of benzene rings is 1. The number of hydrogen-bond acceptors (Lipinski definition) is 10. The quantitative estimate of drug-likeness (QED) is 0.0447. The van der Waals surface area contributed by atoms with Crippen molar-refractivity contribution in [2.24, 2.45) is 11.3 Å². The summed E-state index contributed by atoms with van der Waals surface area (Å²) in [4.78, 5) is 60.4. The number of esters is 1. The maximum absolute atomic E-state index is 13.1. The van der Waals surface area contributed by atoms with E-state index in [1.54, 1.807) is 37.3 Å². The first-order valence-electron chi connectivity index (χ1n) is 16.2. The minimum absolute atomic E-state index is 0.0447. The number of nitrogens with zero attached hydrogens (tertiary/aromatic N) is 1. The van der Waals surface area contributed by atoms with Crippen molar-refractivity contribution in [3.05, 3.63) is 106 Å². The van der Waals surface area contributed by atoms with E-state index in [9.17, 15) is 29.3 Å². The zero-order chi connectivity index (χ0) is 38.1. The second-order valence-corrected chi connectivity index (χ2v) is 13.4. The summed E-state index contributed by atoms with van der Waals surface area (Å²) in [5.41, 5.74) is 0.120. The molecule has 51 heavy (non-hydrogen) atoms. The van der Waals surface area contributed by atoms with Crippen LogP contribution in [0.15, 0.2) is 95.4 Å². The second kappa shape index (κ2) is 20.5. The van der Waals surface area contributed by atoms with Crippen molar-refractivity contribution in [1.29, 1.82) is 0 Å². The van der Waals surface area contributed by atoms with Gasteiger partial charge in [-0.3, -0.25) is 19.7 Å². The van der Waals surface area contributed by atoms with Crippen molar-refractivity contribution >= 4 is 41.2 Å². The van der Waals surface area contributed by atoms with Gasteiger partial charge in [-0.15, -0.1) is 0 Å². The maximum atomic E-state index is 13.1. The van der Waals surface area contributed by atoms with Gasteiger partial charge in [0.25, 0.3) is 5.69 Å². The highest BCUT2D eigenvalue weighted by Crippen LogP contribution is 2.23. The van der Waals surface area contributed by atoms with Gasteiger partial charge in [-0.1, -0.05) is 81.3 Å². The van der Waals surface area contributed by atoms with Crippen molar-refractivity contribution in [3.63, 3.8) is 0 Å². The zero-order valence-electron chi connectivity index (χ0n) is 29.8. The van der Waals surface area contributed by atoms with Crippen LogP contribution in [0, 0.1) is 21.4 Å². The Morgan fingerprint density at radius 2 is 1.78 bits per heavy atom. The van der Waals surface area contributed by atoms with Crippen LogP contribution in [-0.4, -0.2) is 54.2 Å². The molecule has 0 saturated heterocycles. The molecule has 1 aromatic carbocycles. The molecule has 0 saturated carbocycles. The number of ether oxygens (including phenoxy) is 4. The van der Waals surface area contributed by atoms with Crippen molar-refractivity contribution in [2.45, 2.75) is 79.1 Å². The van der Waals surface area contributed by atoms with Crippen LogP contribution in [0.2, 0.25) is 0 Å². The molecule has 2 amide bonds. The van der Waals surface area contributed by atoms with Crippen LogP contribution >= 0.6 is 11.6 Å². The van der Waals surface area contributed by atoms with E-state index in [-0.39, 0.29) is 42.1 Å². The Labute approximate surface area is 303 Å². The molecule has 0 radical (unpaired) electrons. The normalized spacial score (nSPS) is 17.4. The van der Waals surface area contributed by atoms with Crippen molar-refractivity contribution < 1.29 is 43.0 Å². The lowest BCUT2D eigenvalue weighted by atomic mass is 9.86. The van der Waals surface area contributed by atoms with Gasteiger partial charge in [-0.05, 0) is 43.7 Å². The molecule has 13 nitrogen and oxygen atoms in total. The Hall–Kier alpha value is -5.17. The summed E-state index contributed by atoms with van der Waals surface area (Å²) in [5.74, 6) is -1.17. The predicted molar refractivity (Wildman–Crippen MR) is 192 cm³/mol. The molecule has 0 bridgehead atoms. The van der Waals surface area contributed by atoms with E-state index in [1.807, 2.05) is 46.8 Å². The van der Waals surface area contributed by atoms with Crippen LogP contribution in [0.25, 0.3) is 0 Å². The van der Waals surface area contributed by atoms with E-state index < -0.39 is 46.4 Å². The number of hydrogen-bond donors (Lipinski definition) is 2. The fourth-order valence-electron chi connectivity index (χ4n) is 4.66. The van der Waals surface area contributed by atoms with Gasteiger partial charge in [0.2, 0.25) is 11.8 Å². The summed E-state index contributed by atoms with van der Waals surface area (Å²) in [7, 11) is 1.42. The molecule has 0 fully saturated rings. The largest absolute Gasteiger partial charge is 0.514 e. The van der Waals surface area contributed by atoms with Gasteiger partial charge in [0.05, 0.1) is 12.0 Å². The predicted octanol–water partition coefficient (Wildman–Crippen LogP) is 7.10. The van der Waals surface area contributed by atoms with Gasteiger partial charge in [0.15, 0.2) is 5.76 Å². The number of amides is 2. The smallest absolute Gasteiger partial charge is 0.490 e. The van der Waals surface area contributed by atoms with E-state index in [0.717, 1.165) is 5.57 Å². The minimum Gasteiger partial charge on any atom is -0.490 e. The van der Waals surface area contributed by atoms with Crippen LogP contribution in [-0.2, 0) is 28.6 Å². The number of nitro benzene ring substituents is 1. The molecule has 0 aromatic heterocycles. The molecular weight excluding hydrogens is 682 g/mol. The number of nitrogens with one attached hydrogen (secondary N) is 2. The Balaban J connectivity index is 1.94. The fraction of sp³-hybridized carbons (Fsp3) is 0.405. The van der Waals surface area contributed by atoms with Crippen molar-refractivity contribution in [2.75, 3.05) is 7.11 Å². The zero-order valence-corrected chi connectivity index (χ0v) is 30.6. The van der Waals surface area contributed by atoms with E-state index in [1.165, 1.54) is 43.7 Å². The summed E-state index contributed by atoms with van der Waals surface area (Å²) < 4.78 is 21.0. The summed E-state index contributed by atoms with van der Waals surface area (Å²) in [6, 6.07) is 4.07. The maximum Gasteiger partial charge on any atom is 0.514 e. The molecule has 276 valence electrons. The molecule has 1 aromatic rings. The standard InChI is InChI=1S/C37H46ClN3O10/c1-24(23-25(2)30-20-21-31(48-7)35(44)51-30)11-8-9-13-32(42)40-33(37(4,5)6)34(43)39-22-10-12-28(17-14-26(3)38)49-36(45)50-29-18-15-27(16-19-29)41(46)47/h8-11,13-16,18-19,21-23,25,28,30,33H,12,17,20H2,1-7H3,(H,39,43)(H,40,42)/b11-8-,13-9-,22-10-,24-23+,26-14+/t25-,28+,30-,33+/m0/s1. The van der Waals surface area contributed by atoms with Crippen molar-refractivity contribution in [1.82, 2.24) is 10.6 Å². The average molecular weight is 728 g/mol. The first kappa shape index (κ1) is 42.0. The number of allylic oxidation sites excluding steroid dienone is 5. The molecule has 14 heteroatoms. The lowest BCUT2D eigenvalue weighted by Gasteiger charge is -2.29. The third kappa shape index (κ3) is 15.5. The Morgan fingerprint density at radius 3 is 2.37 bits per heavy atom. The molecule has 0 aliphatic carbocycles. The SMILES string of the molecule is COC1=CC[C@@H]([C@@H](C)/C=C(C)/C=C\C=C/C(=O)N[C@H](C(=O)N/C=C\C[C@H](C/C=C(\C)Cl)OC(=O)Oc2ccc([N+](=O)[O-])cc2)C(C)(C)C)OC1=O. The minimum atomic E-state index is -1.02. The highest BCUT2D eigenvalue weighted by molar-refractivity contribution is 6.29. The van der Waals surface area contributed by atoms with Gasteiger partial charge < -0.3 is 29.6 Å². The van der Waals surface area contributed by atoms with Crippen LogP contribution in [0.3, 0.4) is 0 Å². The topological polar surface area (TPSA) is 172 Å². The van der Waals surface area contributed by atoms with E-state index in [2.05, 4.69) is 10.6 Å². The van der Waals surface area contributed by atoms with Crippen LogP contribution in [0.4, 0.5) is 10.5 Å². The summed E-state index contributed by atoms with van der Waals surface area (Å²) in [6.45, 7) is 11.0. The molecule has 1 aliphatic heterocycles. The highest BCUT2D eigenvalue weighted by atomic mass is 35.5. The van der Waals surface area contributed by atoms with E-state index in [0.29, 0.717) is 11.5 Å². The van der Waals surface area contributed by atoms with E-state index in [4.69, 9.17) is 30.5 Å². The fourth-order valence-corrected chi connectivity index (χ4v) is 4.74. The number of nitro groups is 1. The number of cyclic esters (lactones) is 1. The van der Waals surface area contributed by atoms with Crippen LogP contribution in [0.5, 0.6) is 5.75 Å². The third-order valence-corrected chi connectivity index (χ3v) is 7.53. The van der Waals surface area contributed by atoms with Gasteiger partial charge in [-0.2, -0.15) is 0 Å². The first-order chi connectivity index (χ1) is 24.0. The number of rotatable bonds is 16. The molecule has 1 heterocycles. The van der Waals surface area contributed by atoms with Gasteiger partial charge in [0.1, 0.15) is 24.0 Å². The number of methoxy groups -OCH3 is 1. The van der Waals surface area contributed by atoms with Crippen LogP contribution < -0.4 is 15.4 Å². The van der Waals surface area contributed by atoms with Gasteiger partial charge in [-0.25, -0.2) is 9.59 Å². The summed E-state index contributed by atoms with van der Waals surface area (Å²) >= 11 is 5.96. The lowest BCUT2D eigenvalue weighted by molar-refractivity contribution is -0.384. The molecule has 0 spiro atoms. The average Bonchev–Trinajstić information content (AvgIpc) is 3.05. The van der Waals surface area contributed by atoms with Gasteiger partial charge in [0, 0.05) is 48.4 Å². The highest BCUT2D eigenvalue weighted by Gasteiger charge is 2.32. The molecule has 4 atom stereocenters. The number of halogens is 1. The molecule has 0 unspecified atom stereocenters. The Kier molecular flexibility index (Phi) is 16.9.